The Morgan fingerprint density at radius 2 is 1.64 bits per heavy atom. The van der Waals surface area contributed by atoms with Gasteiger partial charge < -0.3 is 9.80 Å². The first-order chi connectivity index (χ1) is 10.5. The second-order valence-electron chi connectivity index (χ2n) is 5.95. The summed E-state index contributed by atoms with van der Waals surface area (Å²) in [6.45, 7) is 5.20. The van der Waals surface area contributed by atoms with Crippen molar-refractivity contribution in [2.45, 2.75) is 13.0 Å². The topological polar surface area (TPSA) is 6.48 Å². The van der Waals surface area contributed by atoms with E-state index in [9.17, 15) is 0 Å². The fourth-order valence-corrected chi connectivity index (χ4v) is 3.47. The molecule has 0 unspecified atom stereocenters. The van der Waals surface area contributed by atoms with Crippen LogP contribution in [0.5, 0.6) is 0 Å². The number of piperazine rings is 1. The zero-order valence-electron chi connectivity index (χ0n) is 12.9. The third-order valence-corrected chi connectivity index (χ3v) is 4.79. The van der Waals surface area contributed by atoms with Crippen LogP contribution < -0.4 is 4.90 Å². The lowest BCUT2D eigenvalue weighted by Gasteiger charge is -2.42. The molecule has 22 heavy (non-hydrogen) atoms. The van der Waals surface area contributed by atoms with Crippen LogP contribution in [0.15, 0.2) is 42.5 Å². The lowest BCUT2D eigenvalue weighted by molar-refractivity contribution is 0.269. The monoisotopic (exact) mass is 334 g/mol. The first kappa shape index (κ1) is 15.7. The van der Waals surface area contributed by atoms with Crippen LogP contribution in [-0.2, 0) is 0 Å². The van der Waals surface area contributed by atoms with Gasteiger partial charge in [0.2, 0.25) is 0 Å². The largest absolute Gasteiger partial charge is 0.362 e. The average Bonchev–Trinajstić information content (AvgIpc) is 2.49. The highest BCUT2D eigenvalue weighted by atomic mass is 35.5. The second kappa shape index (κ2) is 6.49. The molecule has 0 spiro atoms. The van der Waals surface area contributed by atoms with E-state index in [1.54, 1.807) is 0 Å². The van der Waals surface area contributed by atoms with Crippen molar-refractivity contribution in [1.82, 2.24) is 4.90 Å². The molecule has 0 bridgehead atoms. The fourth-order valence-electron chi connectivity index (χ4n) is 3.12. The zero-order chi connectivity index (χ0) is 15.7. The van der Waals surface area contributed by atoms with Gasteiger partial charge in [-0.3, -0.25) is 0 Å². The van der Waals surface area contributed by atoms with Crippen molar-refractivity contribution in [3.05, 3.63) is 63.6 Å². The standard InChI is InChI=1S/C18H20Cl2N2/c1-13-11-16(20)7-8-17(13)22-10-9-21(2)12-18(22)14-3-5-15(19)6-4-14/h3-8,11,18H,9-10,12H2,1-2H3/t18-/m0/s1. The first-order valence-electron chi connectivity index (χ1n) is 7.51. The molecular formula is C18H20Cl2N2. The van der Waals surface area contributed by atoms with Gasteiger partial charge in [-0.1, -0.05) is 35.3 Å². The van der Waals surface area contributed by atoms with Gasteiger partial charge in [-0.2, -0.15) is 0 Å². The van der Waals surface area contributed by atoms with Crippen molar-refractivity contribution < 1.29 is 0 Å². The number of rotatable bonds is 2. The van der Waals surface area contributed by atoms with Crippen molar-refractivity contribution in [3.8, 4) is 0 Å². The molecule has 2 nitrogen and oxygen atoms in total. The maximum Gasteiger partial charge on any atom is 0.0670 e. The van der Waals surface area contributed by atoms with Gasteiger partial charge in [0, 0.05) is 35.4 Å². The van der Waals surface area contributed by atoms with E-state index in [1.165, 1.54) is 16.8 Å². The summed E-state index contributed by atoms with van der Waals surface area (Å²) in [7, 11) is 2.18. The minimum absolute atomic E-state index is 0.330. The molecule has 1 saturated heterocycles. The van der Waals surface area contributed by atoms with Crippen LogP contribution in [-0.4, -0.2) is 31.6 Å². The summed E-state index contributed by atoms with van der Waals surface area (Å²) in [6, 6.07) is 14.7. The maximum atomic E-state index is 6.11. The number of likely N-dealkylation sites (N-methyl/N-ethyl adjacent to an activating group) is 1. The highest BCUT2D eigenvalue weighted by molar-refractivity contribution is 6.31. The van der Waals surface area contributed by atoms with Crippen LogP contribution in [0.2, 0.25) is 10.0 Å². The molecular weight excluding hydrogens is 315 g/mol. The molecule has 2 aromatic rings. The Balaban J connectivity index is 1.98. The van der Waals surface area contributed by atoms with Gasteiger partial charge in [-0.15, -0.1) is 0 Å². The Morgan fingerprint density at radius 3 is 2.32 bits per heavy atom. The Kier molecular flexibility index (Phi) is 4.62. The van der Waals surface area contributed by atoms with Gasteiger partial charge in [-0.05, 0) is 55.4 Å². The molecule has 0 aromatic heterocycles. The number of anilines is 1. The molecule has 3 rings (SSSR count). The lowest BCUT2D eigenvalue weighted by atomic mass is 10.0. The second-order valence-corrected chi connectivity index (χ2v) is 6.83. The van der Waals surface area contributed by atoms with E-state index in [1.807, 2.05) is 24.3 Å². The molecule has 0 N–H and O–H groups in total. The number of hydrogen-bond acceptors (Lipinski definition) is 2. The lowest BCUT2D eigenvalue weighted by Crippen LogP contribution is -2.47. The minimum Gasteiger partial charge on any atom is -0.362 e. The van der Waals surface area contributed by atoms with E-state index in [4.69, 9.17) is 23.2 Å². The van der Waals surface area contributed by atoms with E-state index in [-0.39, 0.29) is 0 Å². The Bertz CT molecular complexity index is 655. The van der Waals surface area contributed by atoms with Crippen molar-refractivity contribution in [3.63, 3.8) is 0 Å². The molecule has 0 radical (unpaired) electrons. The predicted octanol–water partition coefficient (Wildman–Crippen LogP) is 4.79. The Labute approximate surface area is 142 Å². The molecule has 2 aromatic carbocycles. The smallest absolute Gasteiger partial charge is 0.0670 e. The number of hydrogen-bond donors (Lipinski definition) is 0. The summed E-state index contributed by atoms with van der Waals surface area (Å²) >= 11 is 12.1. The highest BCUT2D eigenvalue weighted by Gasteiger charge is 2.27. The molecule has 1 aliphatic rings. The van der Waals surface area contributed by atoms with Crippen molar-refractivity contribution in [2.75, 3.05) is 31.6 Å². The molecule has 0 aliphatic carbocycles. The molecule has 1 atom stereocenters. The minimum atomic E-state index is 0.330. The third-order valence-electron chi connectivity index (χ3n) is 4.31. The van der Waals surface area contributed by atoms with E-state index >= 15 is 0 Å². The molecule has 1 aliphatic heterocycles. The molecule has 116 valence electrons. The summed E-state index contributed by atoms with van der Waals surface area (Å²) in [5.41, 5.74) is 3.78. The number of aryl methyl sites for hydroxylation is 1. The summed E-state index contributed by atoms with van der Waals surface area (Å²) in [4.78, 5) is 4.86. The van der Waals surface area contributed by atoms with E-state index < -0.39 is 0 Å². The van der Waals surface area contributed by atoms with Gasteiger partial charge in [0.15, 0.2) is 0 Å². The predicted molar refractivity (Wildman–Crippen MR) is 95.2 cm³/mol. The molecule has 1 heterocycles. The van der Waals surface area contributed by atoms with Crippen LogP contribution in [0, 0.1) is 6.92 Å². The van der Waals surface area contributed by atoms with Gasteiger partial charge in [0.05, 0.1) is 6.04 Å². The quantitative estimate of drug-likeness (QED) is 0.778. The molecule has 0 saturated carbocycles. The van der Waals surface area contributed by atoms with Crippen LogP contribution in [0.4, 0.5) is 5.69 Å². The number of nitrogens with zero attached hydrogens (tertiary/aromatic N) is 2. The summed E-state index contributed by atoms with van der Waals surface area (Å²) in [5, 5.41) is 1.57. The third kappa shape index (κ3) is 3.24. The van der Waals surface area contributed by atoms with E-state index in [2.05, 4.69) is 42.0 Å². The van der Waals surface area contributed by atoms with Crippen molar-refractivity contribution in [2.24, 2.45) is 0 Å². The van der Waals surface area contributed by atoms with Crippen LogP contribution >= 0.6 is 23.2 Å². The zero-order valence-corrected chi connectivity index (χ0v) is 14.4. The first-order valence-corrected chi connectivity index (χ1v) is 8.27. The molecule has 4 heteroatoms. The van der Waals surface area contributed by atoms with Crippen LogP contribution in [0.3, 0.4) is 0 Å². The Morgan fingerprint density at radius 1 is 0.955 bits per heavy atom. The number of halogens is 2. The van der Waals surface area contributed by atoms with Crippen LogP contribution in [0.25, 0.3) is 0 Å². The summed E-state index contributed by atoms with van der Waals surface area (Å²) in [6.07, 6.45) is 0. The average molecular weight is 335 g/mol. The van der Waals surface area contributed by atoms with Gasteiger partial charge in [-0.25, -0.2) is 0 Å². The van der Waals surface area contributed by atoms with Crippen LogP contribution in [0.1, 0.15) is 17.2 Å². The molecule has 0 amide bonds. The van der Waals surface area contributed by atoms with Gasteiger partial charge in [0.1, 0.15) is 0 Å². The Hall–Kier alpha value is -1.22. The normalized spacial score (nSPS) is 19.5. The van der Waals surface area contributed by atoms with E-state index in [0.29, 0.717) is 6.04 Å². The van der Waals surface area contributed by atoms with Gasteiger partial charge >= 0.3 is 0 Å². The van der Waals surface area contributed by atoms with Crippen molar-refractivity contribution in [1.29, 1.82) is 0 Å². The fraction of sp³-hybridized carbons (Fsp3) is 0.333. The SMILES string of the molecule is Cc1cc(Cl)ccc1N1CCN(C)C[C@H]1c1ccc(Cl)cc1. The summed E-state index contributed by atoms with van der Waals surface area (Å²) < 4.78 is 0. The van der Waals surface area contributed by atoms with Gasteiger partial charge in [0.25, 0.3) is 0 Å². The van der Waals surface area contributed by atoms with Crippen molar-refractivity contribution >= 4 is 28.9 Å². The number of benzene rings is 2. The molecule has 1 fully saturated rings. The summed E-state index contributed by atoms with van der Waals surface area (Å²) in [5.74, 6) is 0. The maximum absolute atomic E-state index is 6.11. The highest BCUT2D eigenvalue weighted by Crippen LogP contribution is 2.33. The van der Waals surface area contributed by atoms with E-state index in [0.717, 1.165) is 29.7 Å².